The average molecular weight is 302 g/mol. The van der Waals surface area contributed by atoms with Crippen molar-refractivity contribution in [1.82, 2.24) is 0 Å². The third-order valence-corrected chi connectivity index (χ3v) is 5.49. The van der Waals surface area contributed by atoms with E-state index in [4.69, 9.17) is 9.84 Å². The fraction of sp³-hybridized carbons (Fsp3) is 0.462. The van der Waals surface area contributed by atoms with E-state index in [2.05, 4.69) is 0 Å². The van der Waals surface area contributed by atoms with Crippen LogP contribution in [0.25, 0.3) is 0 Å². The Morgan fingerprint density at radius 1 is 1.55 bits per heavy atom. The van der Waals surface area contributed by atoms with Gasteiger partial charge in [0, 0.05) is 12.0 Å². The molecule has 0 aliphatic carbocycles. The van der Waals surface area contributed by atoms with E-state index < -0.39 is 39.4 Å². The van der Waals surface area contributed by atoms with Gasteiger partial charge in [0.1, 0.15) is 17.7 Å². The van der Waals surface area contributed by atoms with Crippen LogP contribution in [-0.4, -0.2) is 36.6 Å². The molecule has 5 nitrogen and oxygen atoms in total. The number of halogens is 1. The topological polar surface area (TPSA) is 80.7 Å². The standard InChI is InChI=1S/C13H15FO5S/c1-8(4-13(15)16)20(17,18)7-11-6-9-5-10(14)2-3-12(9)19-11/h2-3,5,8,11H,4,6-7H2,1H3,(H,15,16). The van der Waals surface area contributed by atoms with Gasteiger partial charge in [-0.1, -0.05) is 0 Å². The van der Waals surface area contributed by atoms with Crippen molar-refractivity contribution in [2.75, 3.05) is 5.75 Å². The number of carbonyl (C=O) groups is 1. The van der Waals surface area contributed by atoms with Crippen LogP contribution in [-0.2, 0) is 21.1 Å². The van der Waals surface area contributed by atoms with Gasteiger partial charge in [-0.05, 0) is 25.1 Å². The van der Waals surface area contributed by atoms with Gasteiger partial charge in [-0.25, -0.2) is 12.8 Å². The maximum absolute atomic E-state index is 13.1. The smallest absolute Gasteiger partial charge is 0.304 e. The second kappa shape index (κ2) is 5.40. The number of carboxylic acids is 1. The molecule has 2 unspecified atom stereocenters. The summed E-state index contributed by atoms with van der Waals surface area (Å²) in [5.41, 5.74) is 0.635. The summed E-state index contributed by atoms with van der Waals surface area (Å²) in [7, 11) is -3.57. The maximum Gasteiger partial charge on any atom is 0.304 e. The average Bonchev–Trinajstić information content (AvgIpc) is 2.68. The highest BCUT2D eigenvalue weighted by Crippen LogP contribution is 2.30. The van der Waals surface area contributed by atoms with E-state index in [1.807, 2.05) is 0 Å². The summed E-state index contributed by atoms with van der Waals surface area (Å²) >= 11 is 0. The van der Waals surface area contributed by atoms with Gasteiger partial charge in [-0.3, -0.25) is 4.79 Å². The van der Waals surface area contributed by atoms with Gasteiger partial charge in [0.2, 0.25) is 0 Å². The van der Waals surface area contributed by atoms with E-state index in [1.165, 1.54) is 25.1 Å². The van der Waals surface area contributed by atoms with Crippen LogP contribution in [0, 0.1) is 5.82 Å². The Labute approximate surface area is 116 Å². The summed E-state index contributed by atoms with van der Waals surface area (Å²) in [6.45, 7) is 1.37. The molecule has 1 heterocycles. The van der Waals surface area contributed by atoms with Gasteiger partial charge in [-0.15, -0.1) is 0 Å². The minimum Gasteiger partial charge on any atom is -0.489 e. The molecule has 0 spiro atoms. The van der Waals surface area contributed by atoms with Crippen molar-refractivity contribution in [3.63, 3.8) is 0 Å². The first-order valence-electron chi connectivity index (χ1n) is 6.16. The molecule has 1 aromatic rings. The molecule has 0 bridgehead atoms. The zero-order valence-corrected chi connectivity index (χ0v) is 11.7. The molecule has 2 rings (SSSR count). The lowest BCUT2D eigenvalue weighted by molar-refractivity contribution is -0.136. The lowest BCUT2D eigenvalue weighted by atomic mass is 10.1. The second-order valence-corrected chi connectivity index (χ2v) is 7.40. The van der Waals surface area contributed by atoms with Crippen molar-refractivity contribution in [3.8, 4) is 5.75 Å². The van der Waals surface area contributed by atoms with Gasteiger partial charge < -0.3 is 9.84 Å². The van der Waals surface area contributed by atoms with Crippen molar-refractivity contribution in [1.29, 1.82) is 0 Å². The largest absolute Gasteiger partial charge is 0.489 e. The third kappa shape index (κ3) is 3.27. The number of sulfone groups is 1. The second-order valence-electron chi connectivity index (χ2n) is 4.93. The molecule has 2 atom stereocenters. The number of ether oxygens (including phenoxy) is 1. The van der Waals surface area contributed by atoms with Gasteiger partial charge in [0.05, 0.1) is 17.4 Å². The molecule has 7 heteroatoms. The number of carboxylic acid groups (broad SMARTS) is 1. The van der Waals surface area contributed by atoms with Gasteiger partial charge in [0.15, 0.2) is 9.84 Å². The summed E-state index contributed by atoms with van der Waals surface area (Å²) in [5, 5.41) is 7.67. The van der Waals surface area contributed by atoms with Gasteiger partial charge >= 0.3 is 5.97 Å². The summed E-state index contributed by atoms with van der Waals surface area (Å²) in [5.74, 6) is -1.33. The molecular formula is C13H15FO5S. The van der Waals surface area contributed by atoms with Crippen LogP contribution in [0.5, 0.6) is 5.75 Å². The Morgan fingerprint density at radius 3 is 2.90 bits per heavy atom. The highest BCUT2D eigenvalue weighted by atomic mass is 32.2. The first-order chi connectivity index (χ1) is 9.28. The lowest BCUT2D eigenvalue weighted by Crippen LogP contribution is -2.32. The van der Waals surface area contributed by atoms with Crippen LogP contribution in [0.4, 0.5) is 4.39 Å². The number of fused-ring (bicyclic) bond motifs is 1. The van der Waals surface area contributed by atoms with Crippen LogP contribution in [0.15, 0.2) is 18.2 Å². The molecule has 0 amide bonds. The number of rotatable bonds is 5. The molecule has 1 aliphatic rings. The zero-order chi connectivity index (χ0) is 14.9. The summed E-state index contributed by atoms with van der Waals surface area (Å²) < 4.78 is 42.6. The molecule has 1 N–H and O–H groups in total. The monoisotopic (exact) mass is 302 g/mol. The van der Waals surface area contributed by atoms with E-state index in [0.29, 0.717) is 17.7 Å². The number of hydrogen-bond acceptors (Lipinski definition) is 4. The molecule has 0 radical (unpaired) electrons. The minimum atomic E-state index is -3.57. The van der Waals surface area contributed by atoms with Crippen LogP contribution < -0.4 is 4.74 Å². The van der Waals surface area contributed by atoms with Crippen molar-refractivity contribution >= 4 is 15.8 Å². The fourth-order valence-electron chi connectivity index (χ4n) is 2.18. The molecule has 0 saturated heterocycles. The highest BCUT2D eigenvalue weighted by molar-refractivity contribution is 7.92. The Kier molecular flexibility index (Phi) is 3.99. The van der Waals surface area contributed by atoms with Crippen molar-refractivity contribution in [2.24, 2.45) is 0 Å². The van der Waals surface area contributed by atoms with E-state index in [9.17, 15) is 17.6 Å². The van der Waals surface area contributed by atoms with Crippen molar-refractivity contribution in [2.45, 2.75) is 31.1 Å². The SMILES string of the molecule is CC(CC(=O)O)S(=O)(=O)CC1Cc2cc(F)ccc2O1. The van der Waals surface area contributed by atoms with Crippen LogP contribution in [0.3, 0.4) is 0 Å². The molecule has 0 fully saturated rings. The van der Waals surface area contributed by atoms with Crippen molar-refractivity contribution < 1.29 is 27.4 Å². The van der Waals surface area contributed by atoms with E-state index in [0.717, 1.165) is 0 Å². The Balaban J connectivity index is 2.04. The first kappa shape index (κ1) is 14.8. The zero-order valence-electron chi connectivity index (χ0n) is 10.9. The molecule has 0 saturated carbocycles. The Hall–Kier alpha value is -1.63. The van der Waals surface area contributed by atoms with E-state index in [1.54, 1.807) is 0 Å². The molecule has 110 valence electrons. The third-order valence-electron chi connectivity index (χ3n) is 3.26. The lowest BCUT2D eigenvalue weighted by Gasteiger charge is -2.15. The number of aliphatic carboxylic acids is 1. The maximum atomic E-state index is 13.1. The van der Waals surface area contributed by atoms with Gasteiger partial charge in [-0.2, -0.15) is 0 Å². The summed E-state index contributed by atoms with van der Waals surface area (Å²) in [4.78, 5) is 10.6. The fourth-order valence-corrected chi connectivity index (χ4v) is 3.61. The predicted octanol–water partition coefficient (Wildman–Crippen LogP) is 1.41. The van der Waals surface area contributed by atoms with Crippen LogP contribution in [0.1, 0.15) is 18.9 Å². The Bertz CT molecular complexity index is 626. The van der Waals surface area contributed by atoms with Gasteiger partial charge in [0.25, 0.3) is 0 Å². The van der Waals surface area contributed by atoms with Crippen molar-refractivity contribution in [3.05, 3.63) is 29.6 Å². The minimum absolute atomic E-state index is 0.266. The number of hydrogen-bond donors (Lipinski definition) is 1. The van der Waals surface area contributed by atoms with Crippen LogP contribution in [0.2, 0.25) is 0 Å². The summed E-state index contributed by atoms with van der Waals surface area (Å²) in [6.07, 6.45) is -0.712. The Morgan fingerprint density at radius 2 is 2.25 bits per heavy atom. The molecule has 1 aliphatic heterocycles. The molecule has 0 aromatic heterocycles. The molecule has 1 aromatic carbocycles. The number of benzene rings is 1. The van der Waals surface area contributed by atoms with Crippen LogP contribution >= 0.6 is 0 Å². The highest BCUT2D eigenvalue weighted by Gasteiger charge is 2.32. The van der Waals surface area contributed by atoms with E-state index >= 15 is 0 Å². The first-order valence-corrected chi connectivity index (χ1v) is 7.88. The van der Waals surface area contributed by atoms with E-state index in [-0.39, 0.29) is 5.75 Å². The predicted molar refractivity (Wildman–Crippen MR) is 70.0 cm³/mol. The molecule has 20 heavy (non-hydrogen) atoms. The molecular weight excluding hydrogens is 287 g/mol. The normalized spacial score (nSPS) is 19.2. The quantitative estimate of drug-likeness (QED) is 0.889. The summed E-state index contributed by atoms with van der Waals surface area (Å²) in [6, 6.07) is 4.04.